The third-order valence-electron chi connectivity index (χ3n) is 2.93. The average molecular weight is 314 g/mol. The number of unbranched alkanes of at least 4 members (excludes halogenated alkanes) is 1. The Morgan fingerprint density at radius 2 is 2.25 bits per heavy atom. The molecule has 0 spiro atoms. The average Bonchev–Trinajstić information content (AvgIpc) is 2.99. The number of carbonyl (C=O) groups is 2. The highest BCUT2D eigenvalue weighted by Gasteiger charge is 2.41. The van der Waals surface area contributed by atoms with Crippen LogP contribution in [0.3, 0.4) is 0 Å². The van der Waals surface area contributed by atoms with E-state index in [1.165, 1.54) is 28.0 Å². The molecule has 2 heterocycles. The van der Waals surface area contributed by atoms with Crippen LogP contribution in [0.25, 0.3) is 0 Å². The van der Waals surface area contributed by atoms with Crippen LogP contribution in [0.5, 0.6) is 0 Å². The highest BCUT2D eigenvalue weighted by molar-refractivity contribution is 8.00. The van der Waals surface area contributed by atoms with Crippen LogP contribution in [-0.2, 0) is 16.0 Å². The molecule has 2 amide bonds. The number of imide groups is 1. The Morgan fingerprint density at radius 3 is 2.95 bits per heavy atom. The first-order valence-corrected chi connectivity index (χ1v) is 8.54. The molecule has 1 aromatic rings. The Hall–Kier alpha value is -0.990. The minimum absolute atomic E-state index is 0.188. The van der Waals surface area contributed by atoms with Crippen molar-refractivity contribution in [3.63, 3.8) is 0 Å². The first-order valence-electron chi connectivity index (χ1n) is 6.68. The van der Waals surface area contributed by atoms with Crippen LogP contribution in [0.4, 0.5) is 5.13 Å². The molecule has 6 nitrogen and oxygen atoms in total. The summed E-state index contributed by atoms with van der Waals surface area (Å²) in [6.45, 7) is 2.61. The molecule has 1 saturated heterocycles. The van der Waals surface area contributed by atoms with Crippen LogP contribution in [0.1, 0.15) is 31.2 Å². The predicted molar refractivity (Wildman–Crippen MR) is 80.9 cm³/mol. The van der Waals surface area contributed by atoms with E-state index in [1.807, 2.05) is 0 Å². The van der Waals surface area contributed by atoms with Gasteiger partial charge >= 0.3 is 0 Å². The summed E-state index contributed by atoms with van der Waals surface area (Å²) < 4.78 is 0. The molecule has 1 fully saturated rings. The van der Waals surface area contributed by atoms with Gasteiger partial charge in [0.15, 0.2) is 0 Å². The van der Waals surface area contributed by atoms with Crippen LogP contribution < -0.4 is 10.6 Å². The maximum absolute atomic E-state index is 12.2. The molecular formula is C12H18N4O2S2. The number of hydrogen-bond acceptors (Lipinski definition) is 7. The zero-order valence-electron chi connectivity index (χ0n) is 11.4. The molecule has 0 radical (unpaired) electrons. The lowest BCUT2D eigenvalue weighted by Gasteiger charge is -2.10. The third-order valence-corrected chi connectivity index (χ3v) is 5.14. The fourth-order valence-electron chi connectivity index (χ4n) is 1.91. The second-order valence-electron chi connectivity index (χ2n) is 4.50. The predicted octanol–water partition coefficient (Wildman–Crippen LogP) is 1.20. The summed E-state index contributed by atoms with van der Waals surface area (Å²) in [5.74, 6) is 0.296. The number of hydrogen-bond donors (Lipinski definition) is 1. The van der Waals surface area contributed by atoms with E-state index in [9.17, 15) is 9.59 Å². The number of rotatable bonds is 7. The molecule has 0 saturated carbocycles. The van der Waals surface area contributed by atoms with Crippen LogP contribution in [0.15, 0.2) is 0 Å². The lowest BCUT2D eigenvalue weighted by Crippen LogP contribution is -2.31. The molecule has 20 heavy (non-hydrogen) atoms. The smallest absolute Gasteiger partial charge is 0.249 e. The second kappa shape index (κ2) is 7.14. The topological polar surface area (TPSA) is 89.2 Å². The molecule has 1 atom stereocenters. The van der Waals surface area contributed by atoms with Gasteiger partial charge in [-0.3, -0.25) is 9.59 Å². The van der Waals surface area contributed by atoms with E-state index in [0.717, 1.165) is 24.3 Å². The number of thioether (sulfide) groups is 1. The van der Waals surface area contributed by atoms with Crippen molar-refractivity contribution in [3.05, 3.63) is 5.01 Å². The molecule has 1 aromatic heterocycles. The Bertz CT molecular complexity index is 492. The number of aryl methyl sites for hydroxylation is 1. The fourth-order valence-corrected chi connectivity index (χ4v) is 3.74. The van der Waals surface area contributed by atoms with Crippen molar-refractivity contribution in [2.24, 2.45) is 5.73 Å². The van der Waals surface area contributed by atoms with Gasteiger partial charge in [0.2, 0.25) is 16.9 Å². The molecule has 0 aromatic carbocycles. The molecule has 110 valence electrons. The van der Waals surface area contributed by atoms with Gasteiger partial charge in [-0.25, -0.2) is 4.90 Å². The number of nitrogens with zero attached hydrogens (tertiary/aromatic N) is 3. The number of anilines is 1. The van der Waals surface area contributed by atoms with Crippen molar-refractivity contribution in [1.82, 2.24) is 10.2 Å². The summed E-state index contributed by atoms with van der Waals surface area (Å²) in [6, 6.07) is 0. The SMILES string of the molecule is CCCCc1nnc(N2C(=O)CC(SCCN)C2=O)s1. The summed E-state index contributed by atoms with van der Waals surface area (Å²) in [4.78, 5) is 25.4. The van der Waals surface area contributed by atoms with Gasteiger partial charge in [-0.2, -0.15) is 0 Å². The minimum Gasteiger partial charge on any atom is -0.330 e. The lowest BCUT2D eigenvalue weighted by molar-refractivity contribution is -0.121. The highest BCUT2D eigenvalue weighted by atomic mass is 32.2. The third kappa shape index (κ3) is 3.36. The van der Waals surface area contributed by atoms with Gasteiger partial charge in [-0.1, -0.05) is 24.7 Å². The largest absolute Gasteiger partial charge is 0.330 e. The van der Waals surface area contributed by atoms with E-state index < -0.39 is 0 Å². The molecular weight excluding hydrogens is 296 g/mol. The van der Waals surface area contributed by atoms with Gasteiger partial charge in [0.1, 0.15) is 5.01 Å². The van der Waals surface area contributed by atoms with Crippen molar-refractivity contribution in [3.8, 4) is 0 Å². The Kier molecular flexibility index (Phi) is 5.50. The molecule has 2 rings (SSSR count). The molecule has 0 bridgehead atoms. The molecule has 1 aliphatic rings. The number of nitrogens with two attached hydrogens (primary N) is 1. The van der Waals surface area contributed by atoms with Crippen LogP contribution in [0.2, 0.25) is 0 Å². The number of aromatic nitrogens is 2. The van der Waals surface area contributed by atoms with E-state index >= 15 is 0 Å². The zero-order valence-corrected chi connectivity index (χ0v) is 13.0. The van der Waals surface area contributed by atoms with Crippen molar-refractivity contribution in [1.29, 1.82) is 0 Å². The Morgan fingerprint density at radius 1 is 1.45 bits per heavy atom. The molecule has 0 aliphatic carbocycles. The number of carbonyl (C=O) groups excluding carboxylic acids is 2. The summed E-state index contributed by atoms with van der Waals surface area (Å²) in [6.07, 6.45) is 3.18. The van der Waals surface area contributed by atoms with Crippen LogP contribution in [-0.4, -0.2) is 39.6 Å². The number of amides is 2. The summed E-state index contributed by atoms with van der Waals surface area (Å²) >= 11 is 2.77. The van der Waals surface area contributed by atoms with Gasteiger partial charge < -0.3 is 5.73 Å². The van der Waals surface area contributed by atoms with E-state index in [1.54, 1.807) is 0 Å². The Labute approximate surface area is 126 Å². The van der Waals surface area contributed by atoms with Gasteiger partial charge in [-0.05, 0) is 6.42 Å². The lowest BCUT2D eigenvalue weighted by atomic mass is 10.3. The first-order chi connectivity index (χ1) is 9.67. The van der Waals surface area contributed by atoms with Crippen LogP contribution in [0, 0.1) is 0 Å². The van der Waals surface area contributed by atoms with Gasteiger partial charge in [0.05, 0.1) is 5.25 Å². The van der Waals surface area contributed by atoms with Crippen molar-refractivity contribution >= 4 is 40.0 Å². The Balaban J connectivity index is 2.06. The van der Waals surface area contributed by atoms with Gasteiger partial charge in [-0.15, -0.1) is 22.0 Å². The fraction of sp³-hybridized carbons (Fsp3) is 0.667. The summed E-state index contributed by atoms with van der Waals surface area (Å²) in [5, 5.41) is 8.99. The van der Waals surface area contributed by atoms with E-state index in [0.29, 0.717) is 17.4 Å². The standard InChI is InChI=1S/C12H18N4O2S2/c1-2-3-4-9-14-15-12(20-9)16-10(17)7-8(11(16)18)19-6-5-13/h8H,2-7,13H2,1H3. The molecule has 1 aliphatic heterocycles. The van der Waals surface area contributed by atoms with Crippen LogP contribution >= 0.6 is 23.1 Å². The van der Waals surface area contributed by atoms with Crippen molar-refractivity contribution in [2.75, 3.05) is 17.2 Å². The van der Waals surface area contributed by atoms with E-state index in [2.05, 4.69) is 17.1 Å². The maximum atomic E-state index is 12.2. The van der Waals surface area contributed by atoms with E-state index in [4.69, 9.17) is 5.73 Å². The molecule has 8 heteroatoms. The quantitative estimate of drug-likeness (QED) is 0.761. The summed E-state index contributed by atoms with van der Waals surface area (Å²) in [7, 11) is 0. The van der Waals surface area contributed by atoms with Gasteiger partial charge in [0, 0.05) is 25.1 Å². The molecule has 2 N–H and O–H groups in total. The van der Waals surface area contributed by atoms with Gasteiger partial charge in [0.25, 0.3) is 0 Å². The highest BCUT2D eigenvalue weighted by Crippen LogP contribution is 2.31. The van der Waals surface area contributed by atoms with Crippen molar-refractivity contribution < 1.29 is 9.59 Å². The minimum atomic E-state index is -0.325. The monoisotopic (exact) mass is 314 g/mol. The molecule has 1 unspecified atom stereocenters. The normalized spacial score (nSPS) is 19.1. The zero-order chi connectivity index (χ0) is 14.5. The first kappa shape index (κ1) is 15.4. The van der Waals surface area contributed by atoms with E-state index in [-0.39, 0.29) is 23.5 Å². The second-order valence-corrected chi connectivity index (χ2v) is 6.85. The summed E-state index contributed by atoms with van der Waals surface area (Å²) in [5.41, 5.74) is 5.43. The maximum Gasteiger partial charge on any atom is 0.249 e. The van der Waals surface area contributed by atoms with Crippen molar-refractivity contribution in [2.45, 2.75) is 37.9 Å².